The normalized spacial score (nSPS) is 13.0. The maximum Gasteiger partial charge on any atom is 0.234 e. The number of carbonyl (C=O) groups excluding carboxylic acids is 1. The minimum absolute atomic E-state index is 0.0784. The molecular formula is C9H20N2O2. The monoisotopic (exact) mass is 188 g/mol. The smallest absolute Gasteiger partial charge is 0.234 e. The van der Waals surface area contributed by atoms with Gasteiger partial charge in [-0.25, -0.2) is 0 Å². The number of carbonyl (C=O) groups is 1. The molecule has 0 heterocycles. The molecule has 4 nitrogen and oxygen atoms in total. The van der Waals surface area contributed by atoms with Crippen LogP contribution in [0.2, 0.25) is 0 Å². The molecule has 0 bridgehead atoms. The number of aliphatic hydroxyl groups is 1. The van der Waals surface area contributed by atoms with Crippen LogP contribution < -0.4 is 10.6 Å². The average Bonchev–Trinajstić information content (AvgIpc) is 2.00. The van der Waals surface area contributed by atoms with Gasteiger partial charge in [0.05, 0.1) is 12.6 Å². The van der Waals surface area contributed by atoms with Gasteiger partial charge in [0.1, 0.15) is 0 Å². The Morgan fingerprint density at radius 3 is 2.54 bits per heavy atom. The number of hydrogen-bond acceptors (Lipinski definition) is 3. The van der Waals surface area contributed by atoms with Gasteiger partial charge in [0.15, 0.2) is 0 Å². The Morgan fingerprint density at radius 1 is 1.46 bits per heavy atom. The Hall–Kier alpha value is -0.610. The van der Waals surface area contributed by atoms with E-state index in [1.54, 1.807) is 7.05 Å². The average molecular weight is 188 g/mol. The van der Waals surface area contributed by atoms with Crippen molar-refractivity contribution in [2.24, 2.45) is 5.92 Å². The van der Waals surface area contributed by atoms with Gasteiger partial charge in [-0.2, -0.15) is 0 Å². The molecule has 0 aromatic heterocycles. The molecule has 13 heavy (non-hydrogen) atoms. The summed E-state index contributed by atoms with van der Waals surface area (Å²) in [5.74, 6) is 0.376. The molecular weight excluding hydrogens is 168 g/mol. The molecule has 78 valence electrons. The number of hydrogen-bond donors (Lipinski definition) is 3. The van der Waals surface area contributed by atoms with Gasteiger partial charge in [-0.3, -0.25) is 4.79 Å². The Morgan fingerprint density at radius 2 is 2.08 bits per heavy atom. The Bertz CT molecular complexity index is 149. The number of aliphatic hydroxyl groups excluding tert-OH is 1. The van der Waals surface area contributed by atoms with E-state index in [9.17, 15) is 9.90 Å². The van der Waals surface area contributed by atoms with Crippen LogP contribution in [-0.2, 0) is 4.79 Å². The number of amides is 1. The van der Waals surface area contributed by atoms with E-state index in [1.165, 1.54) is 0 Å². The third-order valence-corrected chi connectivity index (χ3v) is 1.62. The van der Waals surface area contributed by atoms with Crippen molar-refractivity contribution >= 4 is 5.91 Å². The zero-order valence-corrected chi connectivity index (χ0v) is 8.63. The van der Waals surface area contributed by atoms with Crippen molar-refractivity contribution in [3.63, 3.8) is 0 Å². The molecule has 0 aliphatic heterocycles. The molecule has 0 rings (SSSR count). The van der Waals surface area contributed by atoms with Crippen LogP contribution >= 0.6 is 0 Å². The lowest BCUT2D eigenvalue weighted by Gasteiger charge is -2.13. The maximum atomic E-state index is 10.9. The first-order valence-corrected chi connectivity index (χ1v) is 4.65. The minimum Gasteiger partial charge on any atom is -0.391 e. The standard InChI is InChI=1S/C9H20N2O2/c1-7(2)4-8(12)5-11-9(13)6-10-3/h7-8,10,12H,4-6H2,1-3H3,(H,11,13). The molecule has 1 unspecified atom stereocenters. The highest BCUT2D eigenvalue weighted by Gasteiger charge is 2.07. The molecule has 0 spiro atoms. The van der Waals surface area contributed by atoms with Crippen molar-refractivity contribution in [2.45, 2.75) is 26.4 Å². The lowest BCUT2D eigenvalue weighted by Crippen LogP contribution is -2.37. The van der Waals surface area contributed by atoms with Crippen LogP contribution in [0.15, 0.2) is 0 Å². The predicted octanol–water partition coefficient (Wildman–Crippen LogP) is -0.271. The number of rotatable bonds is 6. The fraction of sp³-hybridized carbons (Fsp3) is 0.889. The first kappa shape index (κ1) is 12.4. The van der Waals surface area contributed by atoms with Crippen LogP contribution in [0.3, 0.4) is 0 Å². The molecule has 0 saturated heterocycles. The fourth-order valence-corrected chi connectivity index (χ4v) is 1.08. The summed E-state index contributed by atoms with van der Waals surface area (Å²) in [7, 11) is 1.71. The molecule has 0 radical (unpaired) electrons. The minimum atomic E-state index is -0.430. The summed E-state index contributed by atoms with van der Waals surface area (Å²) in [4.78, 5) is 10.9. The SMILES string of the molecule is CNCC(=O)NCC(O)CC(C)C. The summed E-state index contributed by atoms with van der Waals surface area (Å²) in [6, 6.07) is 0. The number of likely N-dealkylation sites (N-methyl/N-ethyl adjacent to an activating group) is 1. The topological polar surface area (TPSA) is 61.4 Å². The van der Waals surface area contributed by atoms with E-state index >= 15 is 0 Å². The van der Waals surface area contributed by atoms with E-state index in [0.29, 0.717) is 19.0 Å². The lowest BCUT2D eigenvalue weighted by atomic mass is 10.1. The van der Waals surface area contributed by atoms with Gasteiger partial charge in [-0.1, -0.05) is 13.8 Å². The number of nitrogens with one attached hydrogen (secondary N) is 2. The Kier molecular flexibility index (Phi) is 6.54. The molecule has 0 fully saturated rings. The van der Waals surface area contributed by atoms with Crippen molar-refractivity contribution < 1.29 is 9.90 Å². The van der Waals surface area contributed by atoms with Crippen molar-refractivity contribution in [1.29, 1.82) is 0 Å². The van der Waals surface area contributed by atoms with Crippen molar-refractivity contribution in [2.75, 3.05) is 20.1 Å². The van der Waals surface area contributed by atoms with E-state index in [4.69, 9.17) is 0 Å². The summed E-state index contributed by atoms with van der Waals surface area (Å²) in [6.07, 6.45) is 0.292. The first-order valence-electron chi connectivity index (χ1n) is 4.65. The quantitative estimate of drug-likeness (QED) is 0.537. The third kappa shape index (κ3) is 7.74. The highest BCUT2D eigenvalue weighted by molar-refractivity contribution is 5.77. The molecule has 0 aliphatic rings. The van der Waals surface area contributed by atoms with E-state index < -0.39 is 6.10 Å². The zero-order chi connectivity index (χ0) is 10.3. The van der Waals surface area contributed by atoms with Crippen LogP contribution in [0.4, 0.5) is 0 Å². The molecule has 0 saturated carbocycles. The van der Waals surface area contributed by atoms with E-state index in [0.717, 1.165) is 6.42 Å². The van der Waals surface area contributed by atoms with E-state index in [-0.39, 0.29) is 5.91 Å². The summed E-state index contributed by atoms with van der Waals surface area (Å²) in [5, 5.41) is 14.8. The van der Waals surface area contributed by atoms with Gasteiger partial charge in [0, 0.05) is 6.54 Å². The summed E-state index contributed by atoms with van der Waals surface area (Å²) in [6.45, 7) is 4.73. The largest absolute Gasteiger partial charge is 0.391 e. The van der Waals surface area contributed by atoms with Crippen molar-refractivity contribution in [3.05, 3.63) is 0 Å². The van der Waals surface area contributed by atoms with Crippen molar-refractivity contribution in [3.8, 4) is 0 Å². The third-order valence-electron chi connectivity index (χ3n) is 1.62. The maximum absolute atomic E-state index is 10.9. The highest BCUT2D eigenvalue weighted by Crippen LogP contribution is 2.02. The first-order chi connectivity index (χ1) is 6.06. The van der Waals surface area contributed by atoms with E-state index in [1.807, 2.05) is 13.8 Å². The molecule has 3 N–H and O–H groups in total. The van der Waals surface area contributed by atoms with Gasteiger partial charge in [-0.05, 0) is 19.4 Å². The van der Waals surface area contributed by atoms with Gasteiger partial charge in [0.2, 0.25) is 5.91 Å². The van der Waals surface area contributed by atoms with Gasteiger partial charge >= 0.3 is 0 Å². The summed E-state index contributed by atoms with van der Waals surface area (Å²) in [5.41, 5.74) is 0. The molecule has 0 aromatic carbocycles. The van der Waals surface area contributed by atoms with Crippen LogP contribution in [0.5, 0.6) is 0 Å². The van der Waals surface area contributed by atoms with Gasteiger partial charge in [0.25, 0.3) is 0 Å². The zero-order valence-electron chi connectivity index (χ0n) is 8.63. The summed E-state index contributed by atoms with van der Waals surface area (Å²) < 4.78 is 0. The van der Waals surface area contributed by atoms with Gasteiger partial charge < -0.3 is 15.7 Å². The van der Waals surface area contributed by atoms with Crippen molar-refractivity contribution in [1.82, 2.24) is 10.6 Å². The Labute approximate surface area is 79.7 Å². The van der Waals surface area contributed by atoms with Crippen LogP contribution in [0.1, 0.15) is 20.3 Å². The molecule has 1 amide bonds. The van der Waals surface area contributed by atoms with Crippen LogP contribution in [0.25, 0.3) is 0 Å². The highest BCUT2D eigenvalue weighted by atomic mass is 16.3. The Balaban J connectivity index is 3.45. The fourth-order valence-electron chi connectivity index (χ4n) is 1.08. The second kappa shape index (κ2) is 6.86. The molecule has 0 aromatic rings. The molecule has 1 atom stereocenters. The molecule has 4 heteroatoms. The summed E-state index contributed by atoms with van der Waals surface area (Å²) >= 11 is 0. The van der Waals surface area contributed by atoms with Crippen LogP contribution in [0, 0.1) is 5.92 Å². The van der Waals surface area contributed by atoms with E-state index in [2.05, 4.69) is 10.6 Å². The second-order valence-corrected chi connectivity index (χ2v) is 3.62. The second-order valence-electron chi connectivity index (χ2n) is 3.62. The predicted molar refractivity (Wildman–Crippen MR) is 52.4 cm³/mol. The van der Waals surface area contributed by atoms with Crippen LogP contribution in [-0.4, -0.2) is 37.3 Å². The lowest BCUT2D eigenvalue weighted by molar-refractivity contribution is -0.120. The van der Waals surface area contributed by atoms with Gasteiger partial charge in [-0.15, -0.1) is 0 Å². The molecule has 0 aliphatic carbocycles.